The van der Waals surface area contributed by atoms with Gasteiger partial charge in [-0.05, 0) is 25.1 Å². The third-order valence-corrected chi connectivity index (χ3v) is 5.21. The summed E-state index contributed by atoms with van der Waals surface area (Å²) in [5.74, 6) is 0.241. The number of fused-ring (bicyclic) bond motifs is 1. The van der Waals surface area contributed by atoms with E-state index in [1.54, 1.807) is 19.1 Å². The Bertz CT molecular complexity index is 882. The van der Waals surface area contributed by atoms with Gasteiger partial charge in [-0.2, -0.15) is 0 Å². The van der Waals surface area contributed by atoms with E-state index < -0.39 is 14.9 Å². The van der Waals surface area contributed by atoms with Gasteiger partial charge in [0.25, 0.3) is 15.7 Å². The number of non-ortho nitro benzene ring substituents is 1. The van der Waals surface area contributed by atoms with E-state index in [1.165, 1.54) is 18.2 Å². The first-order valence-corrected chi connectivity index (χ1v) is 8.21. The molecule has 8 nitrogen and oxygen atoms in total. The fourth-order valence-electron chi connectivity index (χ4n) is 2.30. The molecule has 0 radical (unpaired) electrons. The molecule has 0 saturated carbocycles. The molecule has 0 unspecified atom stereocenters. The van der Waals surface area contributed by atoms with E-state index in [4.69, 9.17) is 4.74 Å². The van der Waals surface area contributed by atoms with Crippen molar-refractivity contribution in [2.45, 2.75) is 11.8 Å². The van der Waals surface area contributed by atoms with Gasteiger partial charge in [0.15, 0.2) is 0 Å². The zero-order chi connectivity index (χ0) is 16.6. The summed E-state index contributed by atoms with van der Waals surface area (Å²) < 4.78 is 32.2. The molecule has 3 rings (SSSR count). The van der Waals surface area contributed by atoms with E-state index in [0.717, 1.165) is 10.4 Å². The minimum Gasteiger partial charge on any atom is -0.474 e. The van der Waals surface area contributed by atoms with Crippen molar-refractivity contribution in [2.24, 2.45) is 0 Å². The fraction of sp³-hybridized carbons (Fsp3) is 0.214. The molecule has 0 saturated heterocycles. The van der Waals surface area contributed by atoms with E-state index in [0.29, 0.717) is 11.4 Å². The monoisotopic (exact) mass is 335 g/mol. The molecule has 1 aromatic heterocycles. The van der Waals surface area contributed by atoms with Gasteiger partial charge >= 0.3 is 0 Å². The number of benzene rings is 1. The average Bonchev–Trinajstić information content (AvgIpc) is 2.54. The number of sulfonamides is 1. The Morgan fingerprint density at radius 1 is 1.30 bits per heavy atom. The van der Waals surface area contributed by atoms with Crippen molar-refractivity contribution in [3.05, 3.63) is 52.2 Å². The van der Waals surface area contributed by atoms with Crippen LogP contribution in [0.1, 0.15) is 5.69 Å². The Balaban J connectivity index is 2.08. The van der Waals surface area contributed by atoms with E-state index in [1.807, 2.05) is 0 Å². The predicted molar refractivity (Wildman–Crippen MR) is 82.1 cm³/mol. The van der Waals surface area contributed by atoms with Crippen molar-refractivity contribution >= 4 is 21.4 Å². The number of anilines is 1. The van der Waals surface area contributed by atoms with Gasteiger partial charge in [0.1, 0.15) is 12.3 Å². The van der Waals surface area contributed by atoms with Crippen molar-refractivity contribution in [2.75, 3.05) is 17.5 Å². The lowest BCUT2D eigenvalue weighted by Crippen LogP contribution is -2.38. The molecule has 0 N–H and O–H groups in total. The molecule has 23 heavy (non-hydrogen) atoms. The molecule has 1 aliphatic heterocycles. The first kappa shape index (κ1) is 15.2. The molecule has 120 valence electrons. The van der Waals surface area contributed by atoms with Gasteiger partial charge in [-0.3, -0.25) is 14.4 Å². The molecular weight excluding hydrogens is 322 g/mol. The highest BCUT2D eigenvalue weighted by Crippen LogP contribution is 2.34. The van der Waals surface area contributed by atoms with Gasteiger partial charge in [0.05, 0.1) is 16.4 Å². The lowest BCUT2D eigenvalue weighted by molar-refractivity contribution is -0.385. The first-order valence-electron chi connectivity index (χ1n) is 6.77. The highest BCUT2D eigenvalue weighted by Gasteiger charge is 2.31. The summed E-state index contributed by atoms with van der Waals surface area (Å²) in [6.45, 7) is 2.05. The summed E-state index contributed by atoms with van der Waals surface area (Å²) in [7, 11) is -3.94. The van der Waals surface area contributed by atoms with Crippen LogP contribution in [0.25, 0.3) is 0 Å². The molecule has 2 aromatic rings. The van der Waals surface area contributed by atoms with Gasteiger partial charge in [-0.25, -0.2) is 13.4 Å². The molecule has 0 amide bonds. The molecule has 2 heterocycles. The first-order chi connectivity index (χ1) is 10.9. The molecule has 0 atom stereocenters. The molecule has 0 aliphatic carbocycles. The Morgan fingerprint density at radius 3 is 2.83 bits per heavy atom. The van der Waals surface area contributed by atoms with Crippen molar-refractivity contribution in [3.63, 3.8) is 0 Å². The standard InChI is InChI=1S/C14H13N3O5S/c1-10-5-6-13-14(15-10)22-8-7-16(13)23(20,21)12-4-2-3-11(9-12)17(18)19/h2-6,9H,7-8H2,1H3. The molecule has 1 aromatic carbocycles. The number of nitro benzene ring substituents is 1. The second kappa shape index (κ2) is 5.51. The van der Waals surface area contributed by atoms with E-state index in [9.17, 15) is 18.5 Å². The molecule has 1 aliphatic rings. The minimum absolute atomic E-state index is 0.114. The minimum atomic E-state index is -3.94. The van der Waals surface area contributed by atoms with Crippen LogP contribution in [-0.2, 0) is 10.0 Å². The van der Waals surface area contributed by atoms with Gasteiger partial charge in [-0.15, -0.1) is 0 Å². The summed E-state index contributed by atoms with van der Waals surface area (Å²) in [5.41, 5.74) is 0.758. The number of hydrogen-bond acceptors (Lipinski definition) is 6. The number of nitrogens with zero attached hydrogens (tertiary/aromatic N) is 3. The van der Waals surface area contributed by atoms with E-state index in [2.05, 4.69) is 4.98 Å². The second-order valence-corrected chi connectivity index (χ2v) is 6.82. The molecule has 0 bridgehead atoms. The van der Waals surface area contributed by atoms with Crippen molar-refractivity contribution < 1.29 is 18.1 Å². The van der Waals surface area contributed by atoms with E-state index in [-0.39, 0.29) is 29.6 Å². The predicted octanol–water partition coefficient (Wildman–Crippen LogP) is 1.89. The number of aryl methyl sites for hydroxylation is 1. The number of aromatic nitrogens is 1. The van der Waals surface area contributed by atoms with Crippen molar-refractivity contribution in [1.82, 2.24) is 4.98 Å². The zero-order valence-corrected chi connectivity index (χ0v) is 13.0. The van der Waals surface area contributed by atoms with Crippen LogP contribution >= 0.6 is 0 Å². The summed E-state index contributed by atoms with van der Waals surface area (Å²) in [6, 6.07) is 8.28. The van der Waals surface area contributed by atoms with Gasteiger partial charge in [0.2, 0.25) is 5.88 Å². The van der Waals surface area contributed by atoms with E-state index >= 15 is 0 Å². The van der Waals surface area contributed by atoms with Crippen molar-refractivity contribution in [1.29, 1.82) is 0 Å². The number of hydrogen-bond donors (Lipinski definition) is 0. The number of ether oxygens (including phenoxy) is 1. The highest BCUT2D eigenvalue weighted by atomic mass is 32.2. The SMILES string of the molecule is Cc1ccc2c(n1)OCCN2S(=O)(=O)c1cccc([N+](=O)[O-])c1. The third-order valence-electron chi connectivity index (χ3n) is 3.40. The Morgan fingerprint density at radius 2 is 2.09 bits per heavy atom. The van der Waals surface area contributed by atoms with Crippen LogP contribution in [0.5, 0.6) is 5.88 Å². The summed E-state index contributed by atoms with van der Waals surface area (Å²) >= 11 is 0. The van der Waals surface area contributed by atoms with Gasteiger partial charge < -0.3 is 4.74 Å². The van der Waals surface area contributed by atoms with Gasteiger partial charge in [0, 0.05) is 17.8 Å². The molecule has 0 fully saturated rings. The fourth-order valence-corrected chi connectivity index (χ4v) is 3.79. The Hall–Kier alpha value is -2.68. The zero-order valence-electron chi connectivity index (χ0n) is 12.2. The molecular formula is C14H13N3O5S. The summed E-state index contributed by atoms with van der Waals surface area (Å²) in [6.07, 6.45) is 0. The lowest BCUT2D eigenvalue weighted by atomic mass is 10.3. The van der Waals surface area contributed by atoms with Crippen molar-refractivity contribution in [3.8, 4) is 5.88 Å². The van der Waals surface area contributed by atoms with Crippen LogP contribution in [0, 0.1) is 17.0 Å². The normalized spacial score (nSPS) is 14.0. The topological polar surface area (TPSA) is 103 Å². The quantitative estimate of drug-likeness (QED) is 0.627. The number of rotatable bonds is 3. The van der Waals surface area contributed by atoms with Gasteiger partial charge in [-0.1, -0.05) is 6.07 Å². The maximum absolute atomic E-state index is 12.8. The molecule has 0 spiro atoms. The summed E-state index contributed by atoms with van der Waals surface area (Å²) in [4.78, 5) is 14.3. The summed E-state index contributed by atoms with van der Waals surface area (Å²) in [5, 5.41) is 10.9. The Labute approximate surface area is 132 Å². The number of nitro groups is 1. The average molecular weight is 335 g/mol. The van der Waals surface area contributed by atoms with Crippen LogP contribution in [0.3, 0.4) is 0 Å². The Kier molecular flexibility index (Phi) is 3.64. The second-order valence-electron chi connectivity index (χ2n) is 4.96. The lowest BCUT2D eigenvalue weighted by Gasteiger charge is -2.29. The van der Waals surface area contributed by atoms with Crippen LogP contribution in [-0.4, -0.2) is 31.5 Å². The third kappa shape index (κ3) is 2.70. The maximum Gasteiger partial charge on any atom is 0.270 e. The number of pyridine rings is 1. The van der Waals surface area contributed by atoms with Crippen LogP contribution < -0.4 is 9.04 Å². The smallest absolute Gasteiger partial charge is 0.270 e. The highest BCUT2D eigenvalue weighted by molar-refractivity contribution is 7.92. The maximum atomic E-state index is 12.8. The molecule has 9 heteroatoms. The van der Waals surface area contributed by atoms with Crippen LogP contribution in [0.15, 0.2) is 41.3 Å². The largest absolute Gasteiger partial charge is 0.474 e. The van der Waals surface area contributed by atoms with Crippen LogP contribution in [0.4, 0.5) is 11.4 Å². The van der Waals surface area contributed by atoms with Crippen LogP contribution in [0.2, 0.25) is 0 Å².